The number of carbonyl (C=O) groups is 1. The van der Waals surface area contributed by atoms with Gasteiger partial charge in [0.25, 0.3) is 5.56 Å². The number of carbonyl (C=O) groups excluding carboxylic acids is 1. The third-order valence-corrected chi connectivity index (χ3v) is 7.28. The van der Waals surface area contributed by atoms with Crippen molar-refractivity contribution in [2.45, 2.75) is 78.2 Å². The van der Waals surface area contributed by atoms with Crippen LogP contribution in [0.15, 0.2) is 41.6 Å². The maximum absolute atomic E-state index is 13.7. The Balaban J connectivity index is 1.41. The van der Waals surface area contributed by atoms with E-state index in [0.717, 1.165) is 48.2 Å². The quantitative estimate of drug-likeness (QED) is 0.355. The van der Waals surface area contributed by atoms with Gasteiger partial charge in [-0.05, 0) is 84.1 Å². The molecule has 0 N–H and O–H groups in total. The van der Waals surface area contributed by atoms with Gasteiger partial charge in [-0.25, -0.2) is 19.0 Å². The first-order valence-corrected chi connectivity index (χ1v) is 13.9. The van der Waals surface area contributed by atoms with Gasteiger partial charge in [0.1, 0.15) is 11.8 Å². The number of amides is 1. The van der Waals surface area contributed by atoms with E-state index in [4.69, 9.17) is 14.6 Å². The van der Waals surface area contributed by atoms with Gasteiger partial charge >= 0.3 is 6.09 Å². The zero-order chi connectivity index (χ0) is 28.2. The van der Waals surface area contributed by atoms with E-state index >= 15 is 0 Å². The molecule has 0 bridgehead atoms. The second-order valence-electron chi connectivity index (χ2n) is 11.7. The van der Waals surface area contributed by atoms with Crippen molar-refractivity contribution < 1.29 is 14.3 Å². The lowest BCUT2D eigenvalue weighted by Crippen LogP contribution is -2.35. The predicted molar refractivity (Wildman–Crippen MR) is 150 cm³/mol. The van der Waals surface area contributed by atoms with Gasteiger partial charge in [-0.2, -0.15) is 5.10 Å². The Hall–Kier alpha value is -3.99. The van der Waals surface area contributed by atoms with Crippen LogP contribution in [0.1, 0.15) is 71.7 Å². The Morgan fingerprint density at radius 1 is 1.15 bits per heavy atom. The summed E-state index contributed by atoms with van der Waals surface area (Å²) >= 11 is 0. The minimum absolute atomic E-state index is 0.0879. The predicted octanol–water partition coefficient (Wildman–Crippen LogP) is 5.00. The molecule has 11 heteroatoms. The number of imidazole rings is 1. The summed E-state index contributed by atoms with van der Waals surface area (Å²) in [5.41, 5.74) is 3.58. The van der Waals surface area contributed by atoms with Crippen LogP contribution in [0.4, 0.5) is 10.5 Å². The highest BCUT2D eigenvalue weighted by Crippen LogP contribution is 2.34. The van der Waals surface area contributed by atoms with Crippen molar-refractivity contribution in [3.8, 4) is 22.6 Å². The van der Waals surface area contributed by atoms with Crippen LogP contribution < -0.4 is 10.5 Å². The van der Waals surface area contributed by atoms with E-state index in [2.05, 4.69) is 10.1 Å². The molecule has 1 unspecified atom stereocenters. The highest BCUT2D eigenvalue weighted by molar-refractivity contribution is 5.91. The van der Waals surface area contributed by atoms with Gasteiger partial charge in [0.05, 0.1) is 23.8 Å². The minimum atomic E-state index is -0.575. The van der Waals surface area contributed by atoms with Crippen molar-refractivity contribution in [1.29, 1.82) is 0 Å². The number of benzene rings is 1. The van der Waals surface area contributed by atoms with E-state index in [1.807, 2.05) is 63.7 Å². The first-order valence-electron chi connectivity index (χ1n) is 13.9. The first-order chi connectivity index (χ1) is 19.1. The molecule has 3 aromatic heterocycles. The molecule has 1 saturated heterocycles. The number of hydrogen-bond donors (Lipinski definition) is 0. The molecule has 5 heterocycles. The van der Waals surface area contributed by atoms with Crippen LogP contribution in [-0.4, -0.2) is 53.8 Å². The number of hydrogen-bond acceptors (Lipinski definition) is 7. The summed E-state index contributed by atoms with van der Waals surface area (Å²) in [6.07, 6.45) is 8.68. The third-order valence-electron chi connectivity index (χ3n) is 7.28. The molecule has 1 atom stereocenters. The Bertz CT molecular complexity index is 1640. The number of nitrogens with zero attached hydrogens (tertiary/aromatic N) is 7. The Kier molecular flexibility index (Phi) is 6.48. The van der Waals surface area contributed by atoms with Crippen LogP contribution in [0.25, 0.3) is 28.3 Å². The molecule has 2 aliphatic rings. The summed E-state index contributed by atoms with van der Waals surface area (Å²) in [6, 6.07) is 5.69. The summed E-state index contributed by atoms with van der Waals surface area (Å²) in [5, 5.41) is 9.49. The van der Waals surface area contributed by atoms with Crippen molar-refractivity contribution in [3.05, 3.63) is 52.7 Å². The van der Waals surface area contributed by atoms with Crippen LogP contribution in [-0.2, 0) is 15.9 Å². The lowest BCUT2D eigenvalue weighted by atomic mass is 10.1. The summed E-state index contributed by atoms with van der Waals surface area (Å²) < 4.78 is 16.6. The summed E-state index contributed by atoms with van der Waals surface area (Å²) in [5.74, 6) is 0.535. The van der Waals surface area contributed by atoms with Crippen molar-refractivity contribution in [2.75, 3.05) is 18.1 Å². The Labute approximate surface area is 232 Å². The summed E-state index contributed by atoms with van der Waals surface area (Å²) in [7, 11) is 0. The van der Waals surface area contributed by atoms with E-state index in [1.54, 1.807) is 26.4 Å². The first kappa shape index (κ1) is 26.2. The zero-order valence-corrected chi connectivity index (χ0v) is 23.6. The normalized spacial score (nSPS) is 17.6. The highest BCUT2D eigenvalue weighted by atomic mass is 16.6. The topological polar surface area (TPSA) is 109 Å². The lowest BCUT2D eigenvalue weighted by Gasteiger charge is -2.25. The lowest BCUT2D eigenvalue weighted by molar-refractivity contribution is -0.0394. The van der Waals surface area contributed by atoms with E-state index < -0.39 is 5.60 Å². The molecule has 0 radical (unpaired) electrons. The molecule has 1 fully saturated rings. The largest absolute Gasteiger partial charge is 0.443 e. The molecule has 0 aliphatic carbocycles. The summed E-state index contributed by atoms with van der Waals surface area (Å²) in [6.45, 7) is 10.8. The van der Waals surface area contributed by atoms with Gasteiger partial charge in [-0.1, -0.05) is 0 Å². The summed E-state index contributed by atoms with van der Waals surface area (Å²) in [4.78, 5) is 32.6. The molecule has 0 saturated carbocycles. The molecule has 11 nitrogen and oxygen atoms in total. The van der Waals surface area contributed by atoms with E-state index in [1.165, 1.54) is 0 Å². The maximum Gasteiger partial charge on any atom is 0.414 e. The van der Waals surface area contributed by atoms with Crippen LogP contribution in [0.2, 0.25) is 0 Å². The van der Waals surface area contributed by atoms with Crippen LogP contribution in [0.3, 0.4) is 0 Å². The van der Waals surface area contributed by atoms with Crippen LogP contribution >= 0.6 is 0 Å². The molecule has 6 rings (SSSR count). The molecule has 4 aromatic rings. The molecule has 40 heavy (non-hydrogen) atoms. The molecule has 1 amide bonds. The maximum atomic E-state index is 13.7. The molecular formula is C29H35N7O4. The smallest absolute Gasteiger partial charge is 0.414 e. The average Bonchev–Trinajstić information content (AvgIpc) is 3.65. The van der Waals surface area contributed by atoms with Crippen molar-refractivity contribution in [3.63, 3.8) is 0 Å². The van der Waals surface area contributed by atoms with Gasteiger partial charge in [-0.3, -0.25) is 14.3 Å². The van der Waals surface area contributed by atoms with Gasteiger partial charge < -0.3 is 9.47 Å². The Morgan fingerprint density at radius 2 is 1.98 bits per heavy atom. The average molecular weight is 546 g/mol. The fraction of sp³-hybridized carbons (Fsp3) is 0.483. The fourth-order valence-corrected chi connectivity index (χ4v) is 5.42. The van der Waals surface area contributed by atoms with Crippen LogP contribution in [0.5, 0.6) is 0 Å². The number of fused-ring (bicyclic) bond motifs is 2. The number of anilines is 1. The van der Waals surface area contributed by atoms with E-state index in [-0.39, 0.29) is 29.6 Å². The standard InChI is InChI=1S/C29H35N7O4/c1-18(2)35-25(20-9-10-22-19(14-20)11-12-33(22)28(38)40-29(3,4)5)32-36-23(16-30-26(36)27(35)37)21-15-31-34(17-21)24-8-6-7-13-39-24/h9-10,14-18,24H,6-8,11-13H2,1-5H3. The molecule has 2 aliphatic heterocycles. The van der Waals surface area contributed by atoms with Gasteiger partial charge in [0, 0.05) is 36.5 Å². The second-order valence-corrected chi connectivity index (χ2v) is 11.7. The van der Waals surface area contributed by atoms with Gasteiger partial charge in [-0.15, -0.1) is 5.10 Å². The van der Waals surface area contributed by atoms with Crippen molar-refractivity contribution >= 4 is 17.4 Å². The molecule has 210 valence electrons. The van der Waals surface area contributed by atoms with Crippen LogP contribution in [0, 0.1) is 0 Å². The monoisotopic (exact) mass is 545 g/mol. The number of rotatable bonds is 4. The number of aromatic nitrogens is 6. The molecule has 0 spiro atoms. The highest BCUT2D eigenvalue weighted by Gasteiger charge is 2.30. The van der Waals surface area contributed by atoms with Gasteiger partial charge in [0.2, 0.25) is 5.65 Å². The SMILES string of the molecule is CC(C)n1c(-c2ccc3c(c2)CCN3C(=O)OC(C)(C)C)nn2c(-c3cnn(C4CCCCO4)c3)cnc2c1=O. The Morgan fingerprint density at radius 3 is 2.70 bits per heavy atom. The fourth-order valence-electron chi connectivity index (χ4n) is 5.42. The van der Waals surface area contributed by atoms with Crippen molar-refractivity contribution in [2.24, 2.45) is 0 Å². The minimum Gasteiger partial charge on any atom is -0.443 e. The zero-order valence-electron chi connectivity index (χ0n) is 23.6. The number of ether oxygens (including phenoxy) is 2. The molecular weight excluding hydrogens is 510 g/mol. The van der Waals surface area contributed by atoms with Gasteiger partial charge in [0.15, 0.2) is 5.82 Å². The second kappa shape index (κ2) is 9.88. The molecule has 1 aromatic carbocycles. The van der Waals surface area contributed by atoms with E-state index in [9.17, 15) is 9.59 Å². The van der Waals surface area contributed by atoms with E-state index in [0.29, 0.717) is 24.5 Å². The van der Waals surface area contributed by atoms with Crippen molar-refractivity contribution in [1.82, 2.24) is 28.9 Å². The third kappa shape index (κ3) is 4.68.